The van der Waals surface area contributed by atoms with Crippen LogP contribution in [-0.2, 0) is 25.5 Å². The highest BCUT2D eigenvalue weighted by molar-refractivity contribution is 7.22. The van der Waals surface area contributed by atoms with E-state index in [4.69, 9.17) is 21.1 Å². The van der Waals surface area contributed by atoms with Crippen LogP contribution in [0.25, 0.3) is 10.2 Å². The van der Waals surface area contributed by atoms with Gasteiger partial charge in [0.1, 0.15) is 18.0 Å². The quantitative estimate of drug-likeness (QED) is 0.282. The molecule has 1 aromatic heterocycles. The first-order valence-electron chi connectivity index (χ1n) is 15.0. The summed E-state index contributed by atoms with van der Waals surface area (Å²) in [6.45, 7) is 6.63. The Hall–Kier alpha value is -3.97. The molecule has 0 spiro atoms. The van der Waals surface area contributed by atoms with Crippen LogP contribution in [0.1, 0.15) is 45.6 Å². The van der Waals surface area contributed by atoms with Crippen LogP contribution in [0.3, 0.4) is 0 Å². The first-order chi connectivity index (χ1) is 21.8. The molecule has 0 unspecified atom stereocenters. The number of anilines is 1. The Morgan fingerprint density at radius 2 is 1.74 bits per heavy atom. The van der Waals surface area contributed by atoms with Crippen molar-refractivity contribution in [2.45, 2.75) is 58.1 Å². The van der Waals surface area contributed by atoms with Crippen molar-refractivity contribution in [3.8, 4) is 0 Å². The molecule has 3 aromatic rings. The van der Waals surface area contributed by atoms with E-state index in [1.54, 1.807) is 43.7 Å². The highest BCUT2D eigenvalue weighted by Crippen LogP contribution is 2.26. The lowest BCUT2D eigenvalue weighted by Crippen LogP contribution is -2.51. The van der Waals surface area contributed by atoms with Gasteiger partial charge in [0.15, 0.2) is 5.13 Å². The summed E-state index contributed by atoms with van der Waals surface area (Å²) in [5.41, 5.74) is 0.640. The van der Waals surface area contributed by atoms with Crippen molar-refractivity contribution in [2.75, 3.05) is 45.2 Å². The number of nitrogens with one attached hydrogen (secondary N) is 1. The van der Waals surface area contributed by atoms with E-state index in [1.807, 2.05) is 24.3 Å². The molecule has 1 aliphatic heterocycles. The van der Waals surface area contributed by atoms with Crippen LogP contribution in [0.15, 0.2) is 42.5 Å². The van der Waals surface area contributed by atoms with E-state index in [0.29, 0.717) is 36.9 Å². The average Bonchev–Trinajstić information content (AvgIpc) is 3.42. The molecule has 1 fully saturated rings. The number of likely N-dealkylation sites (N-methyl/N-ethyl adjacent to an activating group) is 1. The van der Waals surface area contributed by atoms with Gasteiger partial charge in [0.25, 0.3) is 0 Å². The fourth-order valence-corrected chi connectivity index (χ4v) is 5.96. The predicted molar refractivity (Wildman–Crippen MR) is 175 cm³/mol. The van der Waals surface area contributed by atoms with Gasteiger partial charge < -0.3 is 24.2 Å². The van der Waals surface area contributed by atoms with Crippen molar-refractivity contribution in [1.29, 1.82) is 0 Å². The van der Waals surface area contributed by atoms with E-state index < -0.39 is 29.6 Å². The minimum absolute atomic E-state index is 0.0262. The molecule has 1 N–H and O–H groups in total. The topological polar surface area (TPSA) is 121 Å². The van der Waals surface area contributed by atoms with E-state index in [9.17, 15) is 23.6 Å². The van der Waals surface area contributed by atoms with Crippen molar-refractivity contribution in [1.82, 2.24) is 19.7 Å². The summed E-state index contributed by atoms with van der Waals surface area (Å²) in [4.78, 5) is 60.5. The lowest BCUT2D eigenvalue weighted by Gasteiger charge is -2.36. The normalized spacial score (nSPS) is 14.1. The fourth-order valence-electron chi connectivity index (χ4n) is 4.89. The van der Waals surface area contributed by atoms with Gasteiger partial charge in [-0.1, -0.05) is 47.2 Å². The first-order valence-corrected chi connectivity index (χ1v) is 16.2. The van der Waals surface area contributed by atoms with Crippen LogP contribution in [0.4, 0.5) is 19.1 Å². The highest BCUT2D eigenvalue weighted by Gasteiger charge is 2.29. The molecule has 4 amide bonds. The number of halogens is 2. The molecule has 11 nitrogen and oxygen atoms in total. The molecule has 2 aromatic carbocycles. The molecule has 0 bridgehead atoms. The van der Waals surface area contributed by atoms with Crippen LogP contribution in [-0.4, -0.2) is 95.2 Å². The summed E-state index contributed by atoms with van der Waals surface area (Å²) in [6.07, 6.45) is -0.585. The number of aryl methyl sites for hydroxylation is 1. The number of piperazine rings is 1. The third-order valence-corrected chi connectivity index (χ3v) is 8.84. The molecule has 2 heterocycles. The minimum Gasteiger partial charge on any atom is -0.447 e. The molecule has 248 valence electrons. The van der Waals surface area contributed by atoms with Gasteiger partial charge in [0, 0.05) is 46.1 Å². The number of para-hydroxylation sites is 1. The van der Waals surface area contributed by atoms with Crippen molar-refractivity contribution < 1.29 is 33.0 Å². The first kappa shape index (κ1) is 34.9. The Bertz CT molecular complexity index is 1520. The van der Waals surface area contributed by atoms with Gasteiger partial charge >= 0.3 is 12.2 Å². The molecule has 0 saturated carbocycles. The van der Waals surface area contributed by atoms with Crippen molar-refractivity contribution >= 4 is 62.3 Å². The summed E-state index contributed by atoms with van der Waals surface area (Å²) in [5, 5.41) is 2.98. The van der Waals surface area contributed by atoms with Crippen LogP contribution in [0, 0.1) is 5.82 Å². The van der Waals surface area contributed by atoms with Crippen molar-refractivity contribution in [3.05, 3.63) is 58.9 Å². The number of rotatable bonds is 10. The van der Waals surface area contributed by atoms with Crippen LogP contribution in [0.5, 0.6) is 0 Å². The zero-order valence-electron chi connectivity index (χ0n) is 26.4. The number of amides is 4. The Morgan fingerprint density at radius 1 is 1.04 bits per heavy atom. The van der Waals surface area contributed by atoms with E-state index in [-0.39, 0.29) is 49.1 Å². The SMILES string of the molecule is CN(C(=O)CCc1cccc(F)c1Cl)[C@@H](CCC(=O)N1CCN(C(=O)OC(C)(C)C)CC1)COC(=O)Nc1nc2ccccc2s1. The Labute approximate surface area is 276 Å². The maximum absolute atomic E-state index is 13.9. The summed E-state index contributed by atoms with van der Waals surface area (Å²) >= 11 is 7.37. The van der Waals surface area contributed by atoms with Gasteiger partial charge in [-0.05, 0) is 57.4 Å². The fraction of sp³-hybridized carbons (Fsp3) is 0.469. The van der Waals surface area contributed by atoms with Gasteiger partial charge in [-0.15, -0.1) is 0 Å². The Kier molecular flexibility index (Phi) is 11.8. The lowest BCUT2D eigenvalue weighted by atomic mass is 10.1. The predicted octanol–water partition coefficient (Wildman–Crippen LogP) is 5.96. The van der Waals surface area contributed by atoms with Crippen LogP contribution in [0.2, 0.25) is 5.02 Å². The second-order valence-electron chi connectivity index (χ2n) is 12.0. The summed E-state index contributed by atoms with van der Waals surface area (Å²) in [5.74, 6) is -0.977. The average molecular weight is 676 g/mol. The summed E-state index contributed by atoms with van der Waals surface area (Å²) in [7, 11) is 1.58. The maximum atomic E-state index is 13.9. The largest absolute Gasteiger partial charge is 0.447 e. The molecule has 1 saturated heterocycles. The molecule has 1 atom stereocenters. The number of fused-ring (bicyclic) bond motifs is 1. The van der Waals surface area contributed by atoms with Gasteiger partial charge in [0.2, 0.25) is 11.8 Å². The van der Waals surface area contributed by atoms with Crippen LogP contribution >= 0.6 is 22.9 Å². The minimum atomic E-state index is -0.735. The maximum Gasteiger partial charge on any atom is 0.413 e. The molecule has 0 radical (unpaired) electrons. The third-order valence-electron chi connectivity index (χ3n) is 7.47. The number of benzene rings is 2. The third kappa shape index (κ3) is 9.76. The number of carbonyl (C=O) groups excluding carboxylic acids is 4. The monoisotopic (exact) mass is 675 g/mol. The Morgan fingerprint density at radius 3 is 2.43 bits per heavy atom. The zero-order valence-corrected chi connectivity index (χ0v) is 28.0. The summed E-state index contributed by atoms with van der Waals surface area (Å²) < 4.78 is 25.7. The molecule has 46 heavy (non-hydrogen) atoms. The molecule has 0 aliphatic carbocycles. The second-order valence-corrected chi connectivity index (χ2v) is 13.4. The smallest absolute Gasteiger partial charge is 0.413 e. The standard InChI is InChI=1S/C32H39ClFN5O6S/c1-32(2,3)45-31(43)39-18-16-38(17-19-39)27(41)15-13-22(37(4)26(40)14-12-21-8-7-9-23(34)28(21)33)20-44-30(42)36-29-35-24-10-5-6-11-25(24)46-29/h5-11,22H,12-20H2,1-4H3,(H,35,36,42)/t22-/m0/s1. The molecular weight excluding hydrogens is 637 g/mol. The van der Waals surface area contributed by atoms with Gasteiger partial charge in [-0.25, -0.2) is 19.0 Å². The van der Waals surface area contributed by atoms with E-state index in [2.05, 4.69) is 10.3 Å². The molecule has 14 heteroatoms. The van der Waals surface area contributed by atoms with Gasteiger partial charge in [-0.3, -0.25) is 14.9 Å². The Balaban J connectivity index is 1.35. The lowest BCUT2D eigenvalue weighted by molar-refractivity contribution is -0.136. The highest BCUT2D eigenvalue weighted by atomic mass is 35.5. The number of thiazole rings is 1. The number of ether oxygens (including phenoxy) is 2. The molecular formula is C32H39ClFN5O6S. The number of carbonyl (C=O) groups is 4. The van der Waals surface area contributed by atoms with E-state index >= 15 is 0 Å². The van der Waals surface area contributed by atoms with Gasteiger partial charge in [-0.2, -0.15) is 0 Å². The van der Waals surface area contributed by atoms with E-state index in [1.165, 1.54) is 28.4 Å². The van der Waals surface area contributed by atoms with Crippen molar-refractivity contribution in [2.24, 2.45) is 0 Å². The number of nitrogens with zero attached hydrogens (tertiary/aromatic N) is 4. The zero-order chi connectivity index (χ0) is 33.4. The summed E-state index contributed by atoms with van der Waals surface area (Å²) in [6, 6.07) is 11.3. The molecule has 1 aliphatic rings. The number of aromatic nitrogens is 1. The number of hydrogen-bond donors (Lipinski definition) is 1. The number of hydrogen-bond acceptors (Lipinski definition) is 8. The van der Waals surface area contributed by atoms with Crippen LogP contribution < -0.4 is 5.32 Å². The second kappa shape index (κ2) is 15.5. The van der Waals surface area contributed by atoms with Gasteiger partial charge in [0.05, 0.1) is 21.3 Å². The van der Waals surface area contributed by atoms with E-state index in [0.717, 1.165) is 10.2 Å². The molecule has 4 rings (SSSR count). The van der Waals surface area contributed by atoms with Crippen molar-refractivity contribution in [3.63, 3.8) is 0 Å².